The van der Waals surface area contributed by atoms with E-state index in [1.165, 1.54) is 6.07 Å². The molecule has 2 nitrogen and oxygen atoms in total. The van der Waals surface area contributed by atoms with E-state index in [1.807, 2.05) is 47.6 Å². The molecule has 0 fully saturated rings. The number of hydrogen-bond acceptors (Lipinski definition) is 1. The van der Waals surface area contributed by atoms with Crippen LogP contribution >= 0.6 is 0 Å². The lowest BCUT2D eigenvalue weighted by Gasteiger charge is -2.31. The number of amides is 1. The molecule has 104 valence electrons. The fourth-order valence-corrected chi connectivity index (χ4v) is 2.45. The molecule has 0 aliphatic carbocycles. The van der Waals surface area contributed by atoms with Crippen LogP contribution in [0.15, 0.2) is 12.1 Å². The van der Waals surface area contributed by atoms with Crippen molar-refractivity contribution in [1.82, 2.24) is 4.90 Å². The fourth-order valence-electron chi connectivity index (χ4n) is 2.45. The van der Waals surface area contributed by atoms with E-state index in [4.69, 9.17) is 0 Å². The number of benzene rings is 1. The highest BCUT2D eigenvalue weighted by molar-refractivity contribution is 5.99. The van der Waals surface area contributed by atoms with Gasteiger partial charge in [0.25, 0.3) is 5.91 Å². The topological polar surface area (TPSA) is 20.3 Å². The molecular weight excluding hydrogens is 241 g/mol. The number of rotatable bonds is 0. The van der Waals surface area contributed by atoms with Gasteiger partial charge in [-0.25, -0.2) is 4.39 Å². The maximum absolute atomic E-state index is 14.2. The summed E-state index contributed by atoms with van der Waals surface area (Å²) in [5, 5.41) is 0. The summed E-state index contributed by atoms with van der Waals surface area (Å²) in [5.41, 5.74) is 1.63. The second-order valence-electron chi connectivity index (χ2n) is 7.30. The molecule has 0 spiro atoms. The zero-order valence-electron chi connectivity index (χ0n) is 12.6. The summed E-state index contributed by atoms with van der Waals surface area (Å²) in [5.74, 6) is -0.350. The lowest BCUT2D eigenvalue weighted by Crippen LogP contribution is -2.41. The zero-order chi connectivity index (χ0) is 14.6. The molecule has 1 amide bonds. The van der Waals surface area contributed by atoms with Gasteiger partial charge in [0.1, 0.15) is 5.82 Å². The molecule has 0 atom stereocenters. The molecule has 0 bridgehead atoms. The molecule has 0 aromatic heterocycles. The van der Waals surface area contributed by atoms with Gasteiger partial charge in [0.05, 0.1) is 0 Å². The van der Waals surface area contributed by atoms with Gasteiger partial charge in [0.15, 0.2) is 0 Å². The Morgan fingerprint density at radius 2 is 1.68 bits per heavy atom. The van der Waals surface area contributed by atoms with Crippen molar-refractivity contribution in [2.24, 2.45) is 0 Å². The van der Waals surface area contributed by atoms with E-state index in [-0.39, 0.29) is 22.7 Å². The van der Waals surface area contributed by atoms with Crippen molar-refractivity contribution in [3.63, 3.8) is 0 Å². The molecule has 2 rings (SSSR count). The molecule has 0 saturated heterocycles. The van der Waals surface area contributed by atoms with Gasteiger partial charge in [-0.15, -0.1) is 0 Å². The highest BCUT2D eigenvalue weighted by Gasteiger charge is 2.36. The van der Waals surface area contributed by atoms with E-state index < -0.39 is 0 Å². The van der Waals surface area contributed by atoms with Crippen molar-refractivity contribution >= 4 is 5.91 Å². The Hall–Kier alpha value is -1.38. The molecule has 1 heterocycles. The summed E-state index contributed by atoms with van der Waals surface area (Å²) in [7, 11) is 0. The highest BCUT2D eigenvalue weighted by atomic mass is 19.1. The standard InChI is InChI=1S/C16H22FNO/c1-15(2,3)12-7-10-9-18(16(4,5)6)14(19)11(10)8-13(12)17/h7-8H,9H2,1-6H3. The number of halogens is 1. The average molecular weight is 263 g/mol. The first-order valence-corrected chi connectivity index (χ1v) is 6.66. The number of fused-ring (bicyclic) bond motifs is 1. The molecule has 1 aliphatic rings. The molecule has 0 unspecified atom stereocenters. The largest absolute Gasteiger partial charge is 0.329 e. The van der Waals surface area contributed by atoms with Crippen LogP contribution in [0.3, 0.4) is 0 Å². The van der Waals surface area contributed by atoms with E-state index in [9.17, 15) is 9.18 Å². The van der Waals surface area contributed by atoms with Crippen LogP contribution in [-0.4, -0.2) is 16.3 Å². The van der Waals surface area contributed by atoms with Crippen molar-refractivity contribution in [1.29, 1.82) is 0 Å². The Morgan fingerprint density at radius 3 is 2.16 bits per heavy atom. The molecule has 1 aromatic carbocycles. The maximum atomic E-state index is 14.2. The van der Waals surface area contributed by atoms with E-state index in [2.05, 4.69) is 0 Å². The van der Waals surface area contributed by atoms with Gasteiger partial charge < -0.3 is 4.90 Å². The van der Waals surface area contributed by atoms with Gasteiger partial charge in [-0.1, -0.05) is 20.8 Å². The Bertz CT molecular complexity index is 535. The summed E-state index contributed by atoms with van der Waals surface area (Å²) >= 11 is 0. The van der Waals surface area contributed by atoms with Crippen LogP contribution in [0.4, 0.5) is 4.39 Å². The Labute approximate surface area is 114 Å². The predicted molar refractivity (Wildman–Crippen MR) is 74.7 cm³/mol. The minimum atomic E-state index is -0.282. The van der Waals surface area contributed by atoms with Gasteiger partial charge in [0.2, 0.25) is 0 Å². The quantitative estimate of drug-likeness (QED) is 0.695. The van der Waals surface area contributed by atoms with Gasteiger partial charge >= 0.3 is 0 Å². The van der Waals surface area contributed by atoms with Gasteiger partial charge in [-0.05, 0) is 49.4 Å². The van der Waals surface area contributed by atoms with Crippen LogP contribution in [0, 0.1) is 5.82 Å². The number of carbonyl (C=O) groups excluding carboxylic acids is 1. The normalized spacial score (nSPS) is 15.9. The summed E-state index contributed by atoms with van der Waals surface area (Å²) in [4.78, 5) is 14.1. The number of carbonyl (C=O) groups is 1. The highest BCUT2D eigenvalue weighted by Crippen LogP contribution is 2.34. The minimum absolute atomic E-state index is 0.0677. The predicted octanol–water partition coefficient (Wildman–Crippen LogP) is 3.88. The van der Waals surface area contributed by atoms with E-state index in [0.717, 1.165) is 5.56 Å². The van der Waals surface area contributed by atoms with Gasteiger partial charge in [-0.3, -0.25) is 4.79 Å². The molecule has 0 saturated carbocycles. The van der Waals surface area contributed by atoms with Crippen molar-refractivity contribution in [3.8, 4) is 0 Å². The SMILES string of the molecule is CC(C)(C)c1cc2c(cc1F)C(=O)N(C(C)(C)C)C2. The summed E-state index contributed by atoms with van der Waals surface area (Å²) in [6.07, 6.45) is 0. The second-order valence-corrected chi connectivity index (χ2v) is 7.30. The first kappa shape index (κ1) is 14.0. The van der Waals surface area contributed by atoms with Crippen molar-refractivity contribution in [3.05, 3.63) is 34.6 Å². The van der Waals surface area contributed by atoms with E-state index in [0.29, 0.717) is 17.7 Å². The van der Waals surface area contributed by atoms with Crippen LogP contribution in [-0.2, 0) is 12.0 Å². The summed E-state index contributed by atoms with van der Waals surface area (Å²) < 4.78 is 14.2. The third kappa shape index (κ3) is 2.38. The van der Waals surface area contributed by atoms with Gasteiger partial charge in [-0.2, -0.15) is 0 Å². The first-order chi connectivity index (χ1) is 8.51. The Kier molecular flexibility index (Phi) is 3.00. The lowest BCUT2D eigenvalue weighted by molar-refractivity contribution is 0.0609. The Balaban J connectivity index is 2.51. The molecule has 19 heavy (non-hydrogen) atoms. The van der Waals surface area contributed by atoms with Crippen molar-refractivity contribution in [2.75, 3.05) is 0 Å². The van der Waals surface area contributed by atoms with Crippen molar-refractivity contribution < 1.29 is 9.18 Å². The summed E-state index contributed by atoms with van der Waals surface area (Å²) in [6.45, 7) is 12.5. The van der Waals surface area contributed by atoms with Crippen LogP contribution in [0.5, 0.6) is 0 Å². The fraction of sp³-hybridized carbons (Fsp3) is 0.562. The third-order valence-electron chi connectivity index (χ3n) is 3.61. The molecule has 0 N–H and O–H groups in total. The van der Waals surface area contributed by atoms with Crippen molar-refractivity contribution in [2.45, 2.75) is 59.0 Å². The van der Waals surface area contributed by atoms with E-state index >= 15 is 0 Å². The van der Waals surface area contributed by atoms with Crippen LogP contribution in [0.2, 0.25) is 0 Å². The Morgan fingerprint density at radius 1 is 1.11 bits per heavy atom. The summed E-state index contributed by atoms with van der Waals surface area (Å²) in [6, 6.07) is 3.26. The second kappa shape index (κ2) is 4.06. The van der Waals surface area contributed by atoms with Crippen LogP contribution < -0.4 is 0 Å². The zero-order valence-corrected chi connectivity index (χ0v) is 12.6. The molecule has 1 aromatic rings. The lowest BCUT2D eigenvalue weighted by atomic mass is 9.85. The minimum Gasteiger partial charge on any atom is -0.329 e. The van der Waals surface area contributed by atoms with Crippen LogP contribution in [0.25, 0.3) is 0 Å². The number of nitrogens with zero attached hydrogens (tertiary/aromatic N) is 1. The van der Waals surface area contributed by atoms with Crippen LogP contribution in [0.1, 0.15) is 63.0 Å². The smallest absolute Gasteiger partial charge is 0.255 e. The third-order valence-corrected chi connectivity index (χ3v) is 3.61. The molecule has 0 radical (unpaired) electrons. The molecule has 3 heteroatoms. The first-order valence-electron chi connectivity index (χ1n) is 6.66. The maximum Gasteiger partial charge on any atom is 0.255 e. The number of hydrogen-bond donors (Lipinski definition) is 0. The molecule has 1 aliphatic heterocycles. The average Bonchev–Trinajstić information content (AvgIpc) is 2.53. The van der Waals surface area contributed by atoms with E-state index in [1.54, 1.807) is 4.90 Å². The molecular formula is C16H22FNO. The monoisotopic (exact) mass is 263 g/mol. The van der Waals surface area contributed by atoms with Gasteiger partial charge in [0, 0.05) is 17.6 Å².